The van der Waals surface area contributed by atoms with Crippen LogP contribution in [0.3, 0.4) is 0 Å². The molecule has 0 saturated carbocycles. The lowest BCUT2D eigenvalue weighted by Crippen LogP contribution is -2.57. The summed E-state index contributed by atoms with van der Waals surface area (Å²) in [7, 11) is 1.66. The summed E-state index contributed by atoms with van der Waals surface area (Å²) in [5.74, 6) is -0.728. The monoisotopic (exact) mass is 335 g/mol. The summed E-state index contributed by atoms with van der Waals surface area (Å²) >= 11 is 0. The number of halogens is 1. The molecule has 1 aromatic heterocycles. The van der Waals surface area contributed by atoms with E-state index in [0.717, 1.165) is 0 Å². The van der Waals surface area contributed by atoms with Crippen molar-refractivity contribution in [1.82, 2.24) is 9.88 Å². The largest absolute Gasteiger partial charge is 0.327 e. The Morgan fingerprint density at radius 2 is 1.84 bits per heavy atom. The van der Waals surface area contributed by atoms with Crippen LogP contribution < -0.4 is 10.2 Å². The van der Waals surface area contributed by atoms with Crippen LogP contribution in [0.25, 0.3) is 10.9 Å². The number of hydrogen-bond acceptors (Lipinski definition) is 2. The quantitative estimate of drug-likeness (QED) is 0.687. The zero-order valence-corrected chi connectivity index (χ0v) is 13.6. The zero-order valence-electron chi connectivity index (χ0n) is 13.6. The number of carbonyl (C=O) groups is 2. The van der Waals surface area contributed by atoms with Crippen LogP contribution in [-0.4, -0.2) is 23.6 Å². The van der Waals surface area contributed by atoms with Crippen LogP contribution in [0.1, 0.15) is 16.8 Å². The fourth-order valence-electron chi connectivity index (χ4n) is 4.22. The van der Waals surface area contributed by atoms with E-state index in [4.69, 9.17) is 0 Å². The maximum atomic E-state index is 14.3. The van der Waals surface area contributed by atoms with Gasteiger partial charge in [-0.15, -0.1) is 0 Å². The van der Waals surface area contributed by atoms with Crippen molar-refractivity contribution in [2.45, 2.75) is 12.5 Å². The molecule has 0 bridgehead atoms. The Labute approximate surface area is 142 Å². The van der Waals surface area contributed by atoms with Crippen molar-refractivity contribution in [3.05, 3.63) is 65.1 Å². The summed E-state index contributed by atoms with van der Waals surface area (Å²) < 4.78 is 15.8. The van der Waals surface area contributed by atoms with Gasteiger partial charge in [-0.25, -0.2) is 9.18 Å². The first-order chi connectivity index (χ1) is 11.9. The van der Waals surface area contributed by atoms with Crippen molar-refractivity contribution in [2.24, 2.45) is 0 Å². The number of amides is 2. The van der Waals surface area contributed by atoms with Crippen LogP contribution >= 0.6 is 0 Å². The number of aromatic nitrogens is 1. The first kappa shape index (κ1) is 14.2. The molecule has 3 heterocycles. The Kier molecular flexibility index (Phi) is 2.43. The van der Waals surface area contributed by atoms with Gasteiger partial charge >= 0.3 is 6.03 Å². The van der Waals surface area contributed by atoms with E-state index in [9.17, 15) is 14.0 Å². The number of carbonyl (C=O) groups excluding carboxylic acids is 2. The molecule has 2 aromatic carbocycles. The molecule has 0 fully saturated rings. The summed E-state index contributed by atoms with van der Waals surface area (Å²) in [5, 5.41) is 3.48. The second-order valence-corrected chi connectivity index (χ2v) is 6.57. The Bertz CT molecular complexity index is 1120. The number of anilines is 1. The number of hydrogen-bond donors (Lipinski definition) is 1. The Morgan fingerprint density at radius 3 is 2.64 bits per heavy atom. The molecule has 1 unspecified atom stereocenters. The van der Waals surface area contributed by atoms with E-state index in [2.05, 4.69) is 5.32 Å². The van der Waals surface area contributed by atoms with Crippen molar-refractivity contribution in [3.8, 4) is 0 Å². The van der Waals surface area contributed by atoms with Crippen molar-refractivity contribution in [1.29, 1.82) is 0 Å². The summed E-state index contributed by atoms with van der Waals surface area (Å²) in [6, 6.07) is 11.4. The fourth-order valence-corrected chi connectivity index (χ4v) is 4.22. The molecule has 2 aliphatic heterocycles. The number of nitrogens with zero attached hydrogens (tertiary/aromatic N) is 2. The third-order valence-electron chi connectivity index (χ3n) is 5.24. The van der Waals surface area contributed by atoms with Crippen LogP contribution in [0.5, 0.6) is 0 Å². The van der Waals surface area contributed by atoms with E-state index in [-0.39, 0.29) is 11.9 Å². The smallest absolute Gasteiger partial charge is 0.315 e. The van der Waals surface area contributed by atoms with E-state index in [0.29, 0.717) is 33.4 Å². The number of rotatable bonds is 0. The standard InChI is InChI=1S/C19H14FN3O2/c1-10-7-11-8-12(20)9-14-16(11)23(10)18(25)21-19(14)13-5-3-4-6-15(13)22(2)17(19)24/h3-9H,1-2H3,(H,21,25). The molecule has 124 valence electrons. The minimum atomic E-state index is -1.40. The van der Waals surface area contributed by atoms with Crippen molar-refractivity contribution in [3.63, 3.8) is 0 Å². The molecule has 2 amide bonds. The van der Waals surface area contributed by atoms with Gasteiger partial charge in [0.05, 0.1) is 5.52 Å². The van der Waals surface area contributed by atoms with Gasteiger partial charge in [-0.2, -0.15) is 0 Å². The summed E-state index contributed by atoms with van der Waals surface area (Å²) in [5.41, 5.74) is 1.72. The molecule has 25 heavy (non-hydrogen) atoms. The third-order valence-corrected chi connectivity index (χ3v) is 5.24. The molecule has 2 aliphatic rings. The predicted molar refractivity (Wildman–Crippen MR) is 91.2 cm³/mol. The van der Waals surface area contributed by atoms with E-state index in [1.165, 1.54) is 21.6 Å². The summed E-state index contributed by atoms with van der Waals surface area (Å²) in [6.45, 7) is 1.79. The van der Waals surface area contributed by atoms with Crippen molar-refractivity contribution >= 4 is 28.5 Å². The molecule has 0 saturated heterocycles. The van der Waals surface area contributed by atoms with Gasteiger partial charge in [0.1, 0.15) is 5.82 Å². The molecule has 6 heteroatoms. The normalized spacial score (nSPS) is 21.2. The molecule has 1 N–H and O–H groups in total. The van der Waals surface area contributed by atoms with E-state index < -0.39 is 11.4 Å². The molecule has 1 spiro atoms. The molecular weight excluding hydrogens is 321 g/mol. The maximum Gasteiger partial charge on any atom is 0.327 e. The van der Waals surface area contributed by atoms with Crippen LogP contribution in [0.4, 0.5) is 14.9 Å². The van der Waals surface area contributed by atoms with Gasteiger partial charge in [-0.1, -0.05) is 18.2 Å². The van der Waals surface area contributed by atoms with E-state index >= 15 is 0 Å². The molecular formula is C19H14FN3O2. The molecule has 0 radical (unpaired) electrons. The van der Waals surface area contributed by atoms with E-state index in [1.807, 2.05) is 18.2 Å². The average molecular weight is 335 g/mol. The Hall–Kier alpha value is -3.15. The van der Waals surface area contributed by atoms with Gasteiger partial charge in [-0.3, -0.25) is 9.36 Å². The molecule has 3 aromatic rings. The van der Waals surface area contributed by atoms with Crippen molar-refractivity contribution < 1.29 is 14.0 Å². The lowest BCUT2D eigenvalue weighted by molar-refractivity contribution is -0.122. The number of nitrogens with one attached hydrogen (secondary N) is 1. The lowest BCUT2D eigenvalue weighted by atomic mass is 9.81. The number of likely N-dealkylation sites (N-methyl/N-ethyl adjacent to an activating group) is 1. The minimum absolute atomic E-state index is 0.293. The number of aryl methyl sites for hydroxylation is 1. The van der Waals surface area contributed by atoms with Gasteiger partial charge in [-0.05, 0) is 31.2 Å². The first-order valence-electron chi connectivity index (χ1n) is 7.97. The highest BCUT2D eigenvalue weighted by Gasteiger charge is 2.55. The number of benzene rings is 2. The lowest BCUT2D eigenvalue weighted by Gasteiger charge is -2.35. The van der Waals surface area contributed by atoms with Gasteiger partial charge in [0.15, 0.2) is 5.54 Å². The predicted octanol–water partition coefficient (Wildman–Crippen LogP) is 2.88. The third kappa shape index (κ3) is 1.48. The zero-order chi connectivity index (χ0) is 17.5. The highest BCUT2D eigenvalue weighted by Crippen LogP contribution is 2.48. The molecule has 0 aliphatic carbocycles. The highest BCUT2D eigenvalue weighted by atomic mass is 19.1. The van der Waals surface area contributed by atoms with Crippen LogP contribution in [0, 0.1) is 12.7 Å². The van der Waals surface area contributed by atoms with E-state index in [1.54, 1.807) is 26.1 Å². The summed E-state index contributed by atoms with van der Waals surface area (Å²) in [4.78, 5) is 27.6. The van der Waals surface area contributed by atoms with Crippen LogP contribution in [0.15, 0.2) is 42.5 Å². The second-order valence-electron chi connectivity index (χ2n) is 6.57. The van der Waals surface area contributed by atoms with Crippen molar-refractivity contribution in [2.75, 3.05) is 11.9 Å². The van der Waals surface area contributed by atoms with Gasteiger partial charge in [0.2, 0.25) is 0 Å². The highest BCUT2D eigenvalue weighted by molar-refractivity contribution is 6.15. The average Bonchev–Trinajstić information content (AvgIpc) is 3.02. The number of fused-ring (bicyclic) bond motifs is 3. The topological polar surface area (TPSA) is 54.3 Å². The summed E-state index contributed by atoms with van der Waals surface area (Å²) in [6.07, 6.45) is 0. The Balaban J connectivity index is 1.99. The second kappa shape index (κ2) is 4.27. The SMILES string of the molecule is Cc1cc2cc(F)cc3c2n1C(=O)NC31C(=O)N(C)c2ccccc21. The van der Waals surface area contributed by atoms with Gasteiger partial charge < -0.3 is 10.2 Å². The van der Waals surface area contributed by atoms with Gasteiger partial charge in [0, 0.05) is 34.9 Å². The Morgan fingerprint density at radius 1 is 1.08 bits per heavy atom. The fraction of sp³-hybridized carbons (Fsp3) is 0.158. The first-order valence-corrected chi connectivity index (χ1v) is 7.97. The maximum absolute atomic E-state index is 14.3. The minimum Gasteiger partial charge on any atom is -0.315 e. The van der Waals surface area contributed by atoms with Gasteiger partial charge in [0.25, 0.3) is 5.91 Å². The molecule has 1 atom stereocenters. The molecule has 5 nitrogen and oxygen atoms in total. The number of para-hydroxylation sites is 1. The molecule has 5 rings (SSSR count). The van der Waals surface area contributed by atoms with Crippen LogP contribution in [0.2, 0.25) is 0 Å². The van der Waals surface area contributed by atoms with Crippen LogP contribution in [-0.2, 0) is 10.3 Å².